The first-order valence-electron chi connectivity index (χ1n) is 11.0. The highest BCUT2D eigenvalue weighted by Gasteiger charge is 2.19. The zero-order valence-electron chi connectivity index (χ0n) is 19.0. The summed E-state index contributed by atoms with van der Waals surface area (Å²) in [6.45, 7) is 6.02. The van der Waals surface area contributed by atoms with Crippen LogP contribution in [0.15, 0.2) is 55.0 Å². The molecule has 0 saturated heterocycles. The maximum absolute atomic E-state index is 9.90. The molecule has 3 heterocycles. The van der Waals surface area contributed by atoms with Crippen LogP contribution in [0.4, 0.5) is 11.8 Å². The van der Waals surface area contributed by atoms with Crippen molar-refractivity contribution >= 4 is 22.9 Å². The molecule has 33 heavy (non-hydrogen) atoms. The monoisotopic (exact) mass is 447 g/mol. The minimum Gasteiger partial charge on any atom is -0.394 e. The predicted octanol–water partition coefficient (Wildman–Crippen LogP) is 3.23. The first-order valence-corrected chi connectivity index (χ1v) is 11.0. The lowest BCUT2D eigenvalue weighted by atomic mass is 10.1. The average molecular weight is 448 g/mol. The number of nitrogens with zero attached hydrogens (tertiary/aromatic N) is 5. The molecule has 0 bridgehead atoms. The Balaban J connectivity index is 1.59. The van der Waals surface area contributed by atoms with Gasteiger partial charge in [-0.1, -0.05) is 30.3 Å². The molecule has 2 atom stereocenters. The van der Waals surface area contributed by atoms with Crippen molar-refractivity contribution in [3.05, 3.63) is 60.6 Å². The van der Waals surface area contributed by atoms with Gasteiger partial charge in [0.25, 0.3) is 0 Å². The minimum atomic E-state index is -0.765. The van der Waals surface area contributed by atoms with E-state index >= 15 is 0 Å². The summed E-state index contributed by atoms with van der Waals surface area (Å²) in [6, 6.07) is 13.6. The van der Waals surface area contributed by atoms with Gasteiger partial charge in [-0.05, 0) is 38.5 Å². The van der Waals surface area contributed by atoms with Crippen LogP contribution >= 0.6 is 0 Å². The standard InChI is InChI=1S/C24H29N7O2/c1-15(2)31-14-27-21-22(29-24(30-23(21)31)28-20(13-32)16(3)33)26-12-17-7-9-18(10-8-17)19-6-4-5-11-25-19/h4-11,14-16,20,32-33H,12-13H2,1-3H3,(H2,26,28,29,30)/t16?,20-/m1/s1. The zero-order valence-corrected chi connectivity index (χ0v) is 19.0. The highest BCUT2D eigenvalue weighted by Crippen LogP contribution is 2.25. The summed E-state index contributed by atoms with van der Waals surface area (Å²) in [6.07, 6.45) is 2.77. The Hall–Kier alpha value is -3.56. The van der Waals surface area contributed by atoms with E-state index in [1.165, 1.54) is 0 Å². The lowest BCUT2D eigenvalue weighted by Gasteiger charge is -2.19. The lowest BCUT2D eigenvalue weighted by Crippen LogP contribution is -2.35. The summed E-state index contributed by atoms with van der Waals surface area (Å²) < 4.78 is 1.96. The summed E-state index contributed by atoms with van der Waals surface area (Å²) in [5, 5.41) is 25.9. The number of benzene rings is 1. The van der Waals surface area contributed by atoms with E-state index in [0.717, 1.165) is 16.8 Å². The second-order valence-corrected chi connectivity index (χ2v) is 8.25. The maximum atomic E-state index is 9.90. The van der Waals surface area contributed by atoms with Crippen LogP contribution in [0.2, 0.25) is 0 Å². The van der Waals surface area contributed by atoms with E-state index in [-0.39, 0.29) is 12.6 Å². The lowest BCUT2D eigenvalue weighted by molar-refractivity contribution is 0.132. The number of rotatable bonds is 9. The Morgan fingerprint density at radius 1 is 1.00 bits per heavy atom. The Labute approximate surface area is 192 Å². The summed E-state index contributed by atoms with van der Waals surface area (Å²) in [5.74, 6) is 0.899. The third-order valence-electron chi connectivity index (χ3n) is 5.45. The number of pyridine rings is 1. The number of nitrogens with one attached hydrogen (secondary N) is 2. The van der Waals surface area contributed by atoms with E-state index in [4.69, 9.17) is 0 Å². The molecule has 0 saturated carbocycles. The van der Waals surface area contributed by atoms with Crippen molar-refractivity contribution in [2.24, 2.45) is 0 Å². The molecule has 0 radical (unpaired) electrons. The van der Waals surface area contributed by atoms with E-state index in [1.54, 1.807) is 19.4 Å². The first kappa shape index (κ1) is 22.6. The molecule has 1 unspecified atom stereocenters. The number of hydrogen-bond donors (Lipinski definition) is 4. The number of aliphatic hydroxyl groups is 2. The molecule has 3 aromatic heterocycles. The number of anilines is 2. The topological polar surface area (TPSA) is 121 Å². The molecular weight excluding hydrogens is 418 g/mol. The van der Waals surface area contributed by atoms with Gasteiger partial charge >= 0.3 is 0 Å². The van der Waals surface area contributed by atoms with Crippen LogP contribution in [0.1, 0.15) is 32.4 Å². The Morgan fingerprint density at radius 2 is 1.79 bits per heavy atom. The zero-order chi connectivity index (χ0) is 23.4. The molecule has 0 aliphatic heterocycles. The van der Waals surface area contributed by atoms with Gasteiger partial charge in [0.15, 0.2) is 17.0 Å². The minimum absolute atomic E-state index is 0.162. The molecule has 0 amide bonds. The van der Waals surface area contributed by atoms with Gasteiger partial charge in [-0.3, -0.25) is 4.98 Å². The fraction of sp³-hybridized carbons (Fsp3) is 0.333. The van der Waals surface area contributed by atoms with Crippen molar-refractivity contribution in [3.63, 3.8) is 0 Å². The number of fused-ring (bicyclic) bond motifs is 1. The van der Waals surface area contributed by atoms with E-state index in [9.17, 15) is 10.2 Å². The molecule has 1 aromatic carbocycles. The third kappa shape index (κ3) is 5.10. The summed E-state index contributed by atoms with van der Waals surface area (Å²) >= 11 is 0. The van der Waals surface area contributed by atoms with Crippen molar-refractivity contribution < 1.29 is 10.2 Å². The van der Waals surface area contributed by atoms with Crippen LogP contribution in [0, 0.1) is 0 Å². The smallest absolute Gasteiger partial charge is 0.227 e. The van der Waals surface area contributed by atoms with E-state index in [0.29, 0.717) is 29.5 Å². The summed E-state index contributed by atoms with van der Waals surface area (Å²) in [7, 11) is 0. The Kier molecular flexibility index (Phi) is 6.81. The summed E-state index contributed by atoms with van der Waals surface area (Å²) in [4.78, 5) is 18.1. The van der Waals surface area contributed by atoms with Crippen LogP contribution in [0.3, 0.4) is 0 Å². The quantitative estimate of drug-likeness (QED) is 0.309. The molecule has 0 fully saturated rings. The molecule has 9 nitrogen and oxygen atoms in total. The van der Waals surface area contributed by atoms with Crippen molar-refractivity contribution in [1.82, 2.24) is 24.5 Å². The van der Waals surface area contributed by atoms with Gasteiger partial charge in [-0.15, -0.1) is 0 Å². The molecule has 172 valence electrons. The first-order chi connectivity index (χ1) is 16.0. The van der Waals surface area contributed by atoms with Crippen LogP contribution in [0.25, 0.3) is 22.4 Å². The molecule has 4 N–H and O–H groups in total. The van der Waals surface area contributed by atoms with Crippen molar-refractivity contribution in [2.45, 2.75) is 45.5 Å². The van der Waals surface area contributed by atoms with Crippen molar-refractivity contribution in [2.75, 3.05) is 17.2 Å². The maximum Gasteiger partial charge on any atom is 0.227 e. The molecule has 0 aliphatic carbocycles. The number of aromatic nitrogens is 5. The van der Waals surface area contributed by atoms with Gasteiger partial charge in [0.1, 0.15) is 0 Å². The van der Waals surface area contributed by atoms with Crippen molar-refractivity contribution in [1.29, 1.82) is 0 Å². The molecule has 4 rings (SSSR count). The van der Waals surface area contributed by atoms with E-state index in [1.807, 2.05) is 34.9 Å². The van der Waals surface area contributed by atoms with Gasteiger partial charge in [-0.25, -0.2) is 4.98 Å². The van der Waals surface area contributed by atoms with Gasteiger partial charge < -0.3 is 25.4 Å². The third-order valence-corrected chi connectivity index (χ3v) is 5.45. The van der Waals surface area contributed by atoms with Crippen LogP contribution in [-0.2, 0) is 6.54 Å². The number of hydrogen-bond acceptors (Lipinski definition) is 8. The van der Waals surface area contributed by atoms with E-state index in [2.05, 4.69) is 56.5 Å². The largest absolute Gasteiger partial charge is 0.394 e. The van der Waals surface area contributed by atoms with Crippen molar-refractivity contribution in [3.8, 4) is 11.3 Å². The highest BCUT2D eigenvalue weighted by atomic mass is 16.3. The highest BCUT2D eigenvalue weighted by molar-refractivity contribution is 5.84. The Bertz CT molecular complexity index is 1190. The van der Waals surface area contributed by atoms with Crippen LogP contribution < -0.4 is 10.6 Å². The predicted molar refractivity (Wildman–Crippen MR) is 129 cm³/mol. The molecule has 4 aromatic rings. The normalized spacial score (nSPS) is 13.3. The van der Waals surface area contributed by atoms with Gasteiger partial charge in [0, 0.05) is 24.3 Å². The van der Waals surface area contributed by atoms with Gasteiger partial charge in [0.05, 0.1) is 30.8 Å². The number of imidazole rings is 1. The second kappa shape index (κ2) is 9.93. The molecule has 9 heteroatoms. The SMILES string of the molecule is CC(O)[C@@H](CO)Nc1nc(NCc2ccc(-c3ccccn3)cc2)c2ncn(C(C)C)c2n1. The second-order valence-electron chi connectivity index (χ2n) is 8.25. The van der Waals surface area contributed by atoms with Gasteiger partial charge in [0.2, 0.25) is 5.95 Å². The molecular formula is C24H29N7O2. The van der Waals surface area contributed by atoms with Crippen LogP contribution in [0.5, 0.6) is 0 Å². The van der Waals surface area contributed by atoms with E-state index < -0.39 is 12.1 Å². The molecule has 0 aliphatic rings. The molecule has 0 spiro atoms. The van der Waals surface area contributed by atoms with Gasteiger partial charge in [-0.2, -0.15) is 9.97 Å². The Morgan fingerprint density at radius 3 is 2.42 bits per heavy atom. The average Bonchev–Trinajstić information content (AvgIpc) is 3.26. The number of aliphatic hydroxyl groups excluding tert-OH is 2. The fourth-order valence-corrected chi connectivity index (χ4v) is 3.48. The van der Waals surface area contributed by atoms with Crippen LogP contribution in [-0.4, -0.2) is 53.5 Å². The fourth-order valence-electron chi connectivity index (χ4n) is 3.48. The summed E-state index contributed by atoms with van der Waals surface area (Å²) in [5.41, 5.74) is 4.41.